The van der Waals surface area contributed by atoms with Crippen LogP contribution >= 0.6 is 0 Å². The van der Waals surface area contributed by atoms with E-state index >= 15 is 0 Å². The van der Waals surface area contributed by atoms with E-state index in [0.717, 1.165) is 28.7 Å². The van der Waals surface area contributed by atoms with Gasteiger partial charge in [-0.15, -0.1) is 0 Å². The van der Waals surface area contributed by atoms with Gasteiger partial charge in [-0.25, -0.2) is 9.97 Å². The third-order valence-electron chi connectivity index (χ3n) is 5.05. The van der Waals surface area contributed by atoms with E-state index in [1.54, 1.807) is 6.92 Å². The summed E-state index contributed by atoms with van der Waals surface area (Å²) in [7, 11) is 0. The largest absolute Gasteiger partial charge is 0.481 e. The van der Waals surface area contributed by atoms with Gasteiger partial charge in [0.1, 0.15) is 0 Å². The van der Waals surface area contributed by atoms with Crippen LogP contribution in [0.3, 0.4) is 0 Å². The molecule has 144 valence electrons. The Hall–Kier alpha value is -3.01. The second-order valence-electron chi connectivity index (χ2n) is 7.13. The lowest BCUT2D eigenvalue weighted by Gasteiger charge is -2.08. The Balaban J connectivity index is 1.70. The standard InChI is InChI=1S/C24H26N2O2/c1-3-4-5-6-18-7-9-21(10-8-18)23-25-15-22(16-26-23)20-13-11-19(12-14-20)17(2)24(27)28/h7-17H,3-6H2,1-2H3,(H,27,28). The molecule has 0 fully saturated rings. The zero-order valence-corrected chi connectivity index (χ0v) is 16.4. The van der Waals surface area contributed by atoms with Crippen LogP contribution in [0.4, 0.5) is 0 Å². The van der Waals surface area contributed by atoms with Crippen molar-refractivity contribution < 1.29 is 9.90 Å². The lowest BCUT2D eigenvalue weighted by molar-refractivity contribution is -0.138. The predicted molar refractivity (Wildman–Crippen MR) is 112 cm³/mol. The number of hydrogen-bond acceptors (Lipinski definition) is 3. The number of nitrogens with zero attached hydrogens (tertiary/aromatic N) is 2. The summed E-state index contributed by atoms with van der Waals surface area (Å²) in [5, 5.41) is 9.11. The van der Waals surface area contributed by atoms with Crippen LogP contribution in [0.1, 0.15) is 50.2 Å². The molecule has 1 unspecified atom stereocenters. The monoisotopic (exact) mass is 374 g/mol. The average molecular weight is 374 g/mol. The predicted octanol–water partition coefficient (Wildman–Crippen LogP) is 5.73. The van der Waals surface area contributed by atoms with Gasteiger partial charge < -0.3 is 5.11 Å². The van der Waals surface area contributed by atoms with Crippen LogP contribution in [0.2, 0.25) is 0 Å². The molecule has 0 aliphatic heterocycles. The average Bonchev–Trinajstić information content (AvgIpc) is 2.74. The van der Waals surface area contributed by atoms with Crippen molar-refractivity contribution in [1.29, 1.82) is 0 Å². The first-order valence-corrected chi connectivity index (χ1v) is 9.83. The third-order valence-corrected chi connectivity index (χ3v) is 5.05. The Kier molecular flexibility index (Phi) is 6.53. The van der Waals surface area contributed by atoms with Crippen molar-refractivity contribution in [2.45, 2.75) is 45.4 Å². The number of aryl methyl sites for hydroxylation is 1. The van der Waals surface area contributed by atoms with Crippen LogP contribution in [0.25, 0.3) is 22.5 Å². The first-order chi connectivity index (χ1) is 13.6. The molecule has 0 saturated carbocycles. The van der Waals surface area contributed by atoms with Gasteiger partial charge >= 0.3 is 5.97 Å². The second-order valence-corrected chi connectivity index (χ2v) is 7.13. The molecule has 4 nitrogen and oxygen atoms in total. The minimum atomic E-state index is -0.822. The van der Waals surface area contributed by atoms with Gasteiger partial charge in [0.25, 0.3) is 0 Å². The maximum atomic E-state index is 11.1. The second kappa shape index (κ2) is 9.27. The van der Waals surface area contributed by atoms with Crippen molar-refractivity contribution >= 4 is 5.97 Å². The molecule has 1 atom stereocenters. The highest BCUT2D eigenvalue weighted by atomic mass is 16.4. The number of hydrogen-bond donors (Lipinski definition) is 1. The molecule has 1 heterocycles. The van der Waals surface area contributed by atoms with Gasteiger partial charge in [-0.05, 0) is 36.5 Å². The molecule has 2 aromatic carbocycles. The fourth-order valence-electron chi connectivity index (χ4n) is 3.13. The Morgan fingerprint density at radius 1 is 0.893 bits per heavy atom. The van der Waals surface area contributed by atoms with Gasteiger partial charge in [-0.3, -0.25) is 4.79 Å². The quantitative estimate of drug-likeness (QED) is 0.511. The minimum Gasteiger partial charge on any atom is -0.481 e. The summed E-state index contributed by atoms with van der Waals surface area (Å²) in [6, 6.07) is 16.0. The summed E-state index contributed by atoms with van der Waals surface area (Å²) >= 11 is 0. The highest BCUT2D eigenvalue weighted by Crippen LogP contribution is 2.24. The fourth-order valence-corrected chi connectivity index (χ4v) is 3.13. The molecule has 28 heavy (non-hydrogen) atoms. The normalized spacial score (nSPS) is 11.9. The van der Waals surface area contributed by atoms with Gasteiger partial charge in [-0.2, -0.15) is 0 Å². The molecule has 0 amide bonds. The molecular formula is C24H26N2O2. The van der Waals surface area contributed by atoms with E-state index in [-0.39, 0.29) is 0 Å². The van der Waals surface area contributed by atoms with Crippen molar-refractivity contribution in [1.82, 2.24) is 9.97 Å². The Labute approximate surface area is 166 Å². The summed E-state index contributed by atoms with van der Waals surface area (Å²) in [5.41, 5.74) is 5.03. The maximum absolute atomic E-state index is 11.1. The molecule has 0 aliphatic rings. The van der Waals surface area contributed by atoms with Crippen molar-refractivity contribution in [3.05, 3.63) is 72.1 Å². The summed E-state index contributed by atoms with van der Waals surface area (Å²) in [4.78, 5) is 20.1. The van der Waals surface area contributed by atoms with E-state index in [4.69, 9.17) is 5.11 Å². The molecule has 0 aliphatic carbocycles. The molecule has 4 heteroatoms. The van der Waals surface area contributed by atoms with Crippen LogP contribution < -0.4 is 0 Å². The Morgan fingerprint density at radius 3 is 2.07 bits per heavy atom. The topological polar surface area (TPSA) is 63.1 Å². The van der Waals surface area contributed by atoms with Gasteiger partial charge in [0, 0.05) is 23.5 Å². The van der Waals surface area contributed by atoms with E-state index in [2.05, 4.69) is 41.2 Å². The summed E-state index contributed by atoms with van der Waals surface area (Å²) in [5.74, 6) is -0.630. The molecule has 0 spiro atoms. The lowest BCUT2D eigenvalue weighted by Crippen LogP contribution is -2.06. The molecule has 1 aromatic heterocycles. The van der Waals surface area contributed by atoms with Gasteiger partial charge in [-0.1, -0.05) is 68.3 Å². The number of carbonyl (C=O) groups is 1. The van der Waals surface area contributed by atoms with E-state index in [1.807, 2.05) is 36.7 Å². The Morgan fingerprint density at radius 2 is 1.50 bits per heavy atom. The lowest BCUT2D eigenvalue weighted by atomic mass is 9.98. The maximum Gasteiger partial charge on any atom is 0.310 e. The highest BCUT2D eigenvalue weighted by Gasteiger charge is 2.13. The van der Waals surface area contributed by atoms with Crippen molar-refractivity contribution in [3.8, 4) is 22.5 Å². The van der Waals surface area contributed by atoms with Crippen LogP contribution in [-0.2, 0) is 11.2 Å². The number of unbranched alkanes of at least 4 members (excludes halogenated alkanes) is 2. The number of benzene rings is 2. The molecule has 1 N–H and O–H groups in total. The van der Waals surface area contributed by atoms with E-state index < -0.39 is 11.9 Å². The van der Waals surface area contributed by atoms with Gasteiger partial charge in [0.2, 0.25) is 0 Å². The van der Waals surface area contributed by atoms with Crippen molar-refractivity contribution in [3.63, 3.8) is 0 Å². The summed E-state index contributed by atoms with van der Waals surface area (Å²) < 4.78 is 0. The molecule has 0 saturated heterocycles. The van der Waals surface area contributed by atoms with E-state index in [1.165, 1.54) is 24.8 Å². The van der Waals surface area contributed by atoms with Gasteiger partial charge in [0.15, 0.2) is 5.82 Å². The van der Waals surface area contributed by atoms with Crippen LogP contribution in [-0.4, -0.2) is 21.0 Å². The van der Waals surface area contributed by atoms with Crippen molar-refractivity contribution in [2.24, 2.45) is 0 Å². The van der Waals surface area contributed by atoms with Crippen LogP contribution in [0, 0.1) is 0 Å². The SMILES string of the molecule is CCCCCc1ccc(-c2ncc(-c3ccc(C(C)C(=O)O)cc3)cn2)cc1. The molecule has 3 rings (SSSR count). The van der Waals surface area contributed by atoms with Crippen LogP contribution in [0.5, 0.6) is 0 Å². The first kappa shape index (κ1) is 19.7. The Bertz CT molecular complexity index is 901. The molecular weight excluding hydrogens is 348 g/mol. The summed E-state index contributed by atoms with van der Waals surface area (Å²) in [6.45, 7) is 3.90. The molecule has 0 bridgehead atoms. The number of aromatic nitrogens is 2. The number of rotatable bonds is 8. The third kappa shape index (κ3) is 4.83. The minimum absolute atomic E-state index is 0.516. The highest BCUT2D eigenvalue weighted by molar-refractivity contribution is 5.76. The van der Waals surface area contributed by atoms with Crippen LogP contribution in [0.15, 0.2) is 60.9 Å². The first-order valence-electron chi connectivity index (χ1n) is 9.83. The number of carboxylic acid groups (broad SMARTS) is 1. The zero-order valence-electron chi connectivity index (χ0n) is 16.4. The number of carboxylic acids is 1. The molecule has 0 radical (unpaired) electrons. The summed E-state index contributed by atoms with van der Waals surface area (Å²) in [6.07, 6.45) is 8.47. The molecule has 3 aromatic rings. The fraction of sp³-hybridized carbons (Fsp3) is 0.292. The smallest absolute Gasteiger partial charge is 0.310 e. The van der Waals surface area contributed by atoms with Gasteiger partial charge in [0.05, 0.1) is 5.92 Å². The van der Waals surface area contributed by atoms with E-state index in [9.17, 15) is 4.79 Å². The van der Waals surface area contributed by atoms with E-state index in [0.29, 0.717) is 5.82 Å². The number of aliphatic carboxylic acids is 1. The zero-order chi connectivity index (χ0) is 19.9. The van der Waals surface area contributed by atoms with Crippen molar-refractivity contribution in [2.75, 3.05) is 0 Å².